The molecular formula is C24H25NO3. The average molecular weight is 375 g/mol. The van der Waals surface area contributed by atoms with Crippen LogP contribution in [0, 0.1) is 0 Å². The van der Waals surface area contributed by atoms with Gasteiger partial charge in [-0.15, -0.1) is 0 Å². The molecule has 0 spiro atoms. The predicted octanol–water partition coefficient (Wildman–Crippen LogP) is 4.88. The summed E-state index contributed by atoms with van der Waals surface area (Å²) in [6.07, 6.45) is 4.34. The number of carbonyl (C=O) groups is 1. The van der Waals surface area contributed by atoms with E-state index in [1.165, 1.54) is 5.56 Å². The third-order valence-corrected chi connectivity index (χ3v) is 5.33. The molecule has 4 heteroatoms. The monoisotopic (exact) mass is 375 g/mol. The molecule has 1 atom stereocenters. The first kappa shape index (κ1) is 18.4. The number of fused-ring (bicyclic) bond motifs is 1. The molecule has 0 bridgehead atoms. The van der Waals surface area contributed by atoms with Gasteiger partial charge in [0.05, 0.1) is 19.4 Å². The van der Waals surface area contributed by atoms with E-state index in [1.54, 1.807) is 6.26 Å². The van der Waals surface area contributed by atoms with E-state index in [9.17, 15) is 4.79 Å². The Morgan fingerprint density at radius 2 is 1.96 bits per heavy atom. The van der Waals surface area contributed by atoms with Crippen LogP contribution in [0.15, 0.2) is 71.3 Å². The number of ether oxygens (including phenoxy) is 1. The smallest absolute Gasteiger partial charge is 0.254 e. The van der Waals surface area contributed by atoms with E-state index in [2.05, 4.69) is 31.2 Å². The van der Waals surface area contributed by atoms with Gasteiger partial charge in [-0.1, -0.05) is 30.3 Å². The molecule has 3 aromatic rings. The molecular weight excluding hydrogens is 350 g/mol. The Bertz CT molecular complexity index is 918. The number of hydrogen-bond acceptors (Lipinski definition) is 3. The minimum Gasteiger partial charge on any atom is -0.493 e. The van der Waals surface area contributed by atoms with Crippen LogP contribution in [0.4, 0.5) is 0 Å². The van der Waals surface area contributed by atoms with Gasteiger partial charge in [0.1, 0.15) is 11.5 Å². The van der Waals surface area contributed by atoms with Gasteiger partial charge >= 0.3 is 0 Å². The summed E-state index contributed by atoms with van der Waals surface area (Å²) < 4.78 is 11.1. The standard InChI is InChI=1S/C24H25NO3/c1-18(9-10-19-6-3-2-4-7-19)25(17-22-8-5-14-27-22)24(26)21-11-12-23-20(16-21)13-15-28-23/h2-8,11-12,14,16,18H,9-10,13,15,17H2,1H3/t18-/m0/s1. The molecule has 144 valence electrons. The van der Waals surface area contributed by atoms with E-state index >= 15 is 0 Å². The summed E-state index contributed by atoms with van der Waals surface area (Å²) >= 11 is 0. The Balaban J connectivity index is 1.53. The van der Waals surface area contributed by atoms with Crippen molar-refractivity contribution in [1.29, 1.82) is 0 Å². The minimum atomic E-state index is 0.0339. The van der Waals surface area contributed by atoms with Gasteiger partial charge in [-0.2, -0.15) is 0 Å². The first-order valence-corrected chi connectivity index (χ1v) is 9.84. The van der Waals surface area contributed by atoms with Gasteiger partial charge in [0.2, 0.25) is 0 Å². The second-order valence-corrected chi connectivity index (χ2v) is 7.31. The number of carbonyl (C=O) groups excluding carboxylic acids is 1. The molecule has 1 aromatic heterocycles. The third kappa shape index (κ3) is 4.11. The predicted molar refractivity (Wildman–Crippen MR) is 108 cm³/mol. The number of amides is 1. The first-order chi connectivity index (χ1) is 13.7. The second kappa shape index (κ2) is 8.34. The summed E-state index contributed by atoms with van der Waals surface area (Å²) in [5, 5.41) is 0. The fourth-order valence-electron chi connectivity index (χ4n) is 3.66. The number of nitrogens with zero attached hydrogens (tertiary/aromatic N) is 1. The zero-order valence-corrected chi connectivity index (χ0v) is 16.1. The van der Waals surface area contributed by atoms with Crippen molar-refractivity contribution >= 4 is 5.91 Å². The molecule has 0 N–H and O–H groups in total. The highest BCUT2D eigenvalue weighted by Crippen LogP contribution is 2.27. The molecule has 4 rings (SSSR count). The van der Waals surface area contributed by atoms with E-state index in [0.29, 0.717) is 18.7 Å². The molecule has 0 unspecified atom stereocenters. The van der Waals surface area contributed by atoms with Gasteiger partial charge in [0.15, 0.2) is 0 Å². The fourth-order valence-corrected chi connectivity index (χ4v) is 3.66. The summed E-state index contributed by atoms with van der Waals surface area (Å²) in [5.41, 5.74) is 3.11. The Kier molecular flexibility index (Phi) is 5.47. The minimum absolute atomic E-state index is 0.0339. The van der Waals surface area contributed by atoms with Crippen molar-refractivity contribution < 1.29 is 13.9 Å². The largest absolute Gasteiger partial charge is 0.493 e. The number of rotatable bonds is 7. The maximum absolute atomic E-state index is 13.4. The number of aryl methyl sites for hydroxylation is 1. The number of benzene rings is 2. The van der Waals surface area contributed by atoms with E-state index in [-0.39, 0.29) is 11.9 Å². The molecule has 1 aliphatic rings. The van der Waals surface area contributed by atoms with Crippen molar-refractivity contribution in [1.82, 2.24) is 4.90 Å². The molecule has 0 saturated heterocycles. The van der Waals surface area contributed by atoms with E-state index in [4.69, 9.17) is 9.15 Å². The van der Waals surface area contributed by atoms with Crippen LogP contribution in [0.5, 0.6) is 5.75 Å². The zero-order valence-electron chi connectivity index (χ0n) is 16.1. The topological polar surface area (TPSA) is 42.7 Å². The van der Waals surface area contributed by atoms with Gasteiger partial charge < -0.3 is 14.1 Å². The third-order valence-electron chi connectivity index (χ3n) is 5.33. The normalized spacial score (nSPS) is 13.6. The molecule has 1 aliphatic heterocycles. The van der Waals surface area contributed by atoms with Gasteiger partial charge in [-0.3, -0.25) is 4.79 Å². The Morgan fingerprint density at radius 1 is 1.11 bits per heavy atom. The first-order valence-electron chi connectivity index (χ1n) is 9.84. The van der Waals surface area contributed by atoms with Crippen molar-refractivity contribution in [2.75, 3.05) is 6.61 Å². The van der Waals surface area contributed by atoms with Crippen molar-refractivity contribution in [3.8, 4) is 5.75 Å². The average Bonchev–Trinajstić information content (AvgIpc) is 3.41. The number of furan rings is 1. The van der Waals surface area contributed by atoms with Gasteiger partial charge in [0.25, 0.3) is 5.91 Å². The van der Waals surface area contributed by atoms with E-state index < -0.39 is 0 Å². The molecule has 4 nitrogen and oxygen atoms in total. The highest BCUT2D eigenvalue weighted by molar-refractivity contribution is 5.94. The molecule has 28 heavy (non-hydrogen) atoms. The fraction of sp³-hybridized carbons (Fsp3) is 0.292. The molecule has 1 amide bonds. The molecule has 2 aromatic carbocycles. The molecule has 0 saturated carbocycles. The Labute approximate surface area is 165 Å². The summed E-state index contributed by atoms with van der Waals surface area (Å²) in [5.74, 6) is 1.72. The highest BCUT2D eigenvalue weighted by Gasteiger charge is 2.24. The van der Waals surface area contributed by atoms with Gasteiger partial charge in [-0.05, 0) is 61.2 Å². The number of hydrogen-bond donors (Lipinski definition) is 0. The maximum Gasteiger partial charge on any atom is 0.254 e. The zero-order chi connectivity index (χ0) is 19.3. The van der Waals surface area contributed by atoms with E-state index in [0.717, 1.165) is 36.3 Å². The lowest BCUT2D eigenvalue weighted by atomic mass is 10.0. The lowest BCUT2D eigenvalue weighted by Gasteiger charge is -2.29. The summed E-state index contributed by atoms with van der Waals surface area (Å²) in [4.78, 5) is 15.3. The van der Waals surface area contributed by atoms with Crippen LogP contribution in [0.1, 0.15) is 40.6 Å². The van der Waals surface area contributed by atoms with Gasteiger partial charge in [-0.25, -0.2) is 0 Å². The van der Waals surface area contributed by atoms with Crippen molar-refractivity contribution in [3.63, 3.8) is 0 Å². The van der Waals surface area contributed by atoms with Gasteiger partial charge in [0, 0.05) is 18.0 Å². The second-order valence-electron chi connectivity index (χ2n) is 7.31. The summed E-state index contributed by atoms with van der Waals surface area (Å²) in [7, 11) is 0. The van der Waals surface area contributed by atoms with Crippen molar-refractivity contribution in [2.24, 2.45) is 0 Å². The SMILES string of the molecule is C[C@@H](CCc1ccccc1)N(Cc1ccco1)C(=O)c1ccc2c(c1)CCO2. The van der Waals surface area contributed by atoms with Crippen LogP contribution < -0.4 is 4.74 Å². The highest BCUT2D eigenvalue weighted by atomic mass is 16.5. The summed E-state index contributed by atoms with van der Waals surface area (Å²) in [6.45, 7) is 3.27. The van der Waals surface area contributed by atoms with Crippen molar-refractivity contribution in [2.45, 2.75) is 38.8 Å². The molecule has 2 heterocycles. The lowest BCUT2D eigenvalue weighted by molar-refractivity contribution is 0.0652. The van der Waals surface area contributed by atoms with Crippen LogP contribution >= 0.6 is 0 Å². The quantitative estimate of drug-likeness (QED) is 0.591. The van der Waals surface area contributed by atoms with Crippen LogP contribution in [0.25, 0.3) is 0 Å². The Hall–Kier alpha value is -3.01. The van der Waals surface area contributed by atoms with Crippen LogP contribution in [-0.2, 0) is 19.4 Å². The molecule has 0 fully saturated rings. The molecule has 0 radical (unpaired) electrons. The Morgan fingerprint density at radius 3 is 2.75 bits per heavy atom. The van der Waals surface area contributed by atoms with Crippen LogP contribution in [-0.4, -0.2) is 23.5 Å². The maximum atomic E-state index is 13.4. The van der Waals surface area contributed by atoms with Crippen molar-refractivity contribution in [3.05, 3.63) is 89.4 Å². The summed E-state index contributed by atoms with van der Waals surface area (Å²) in [6, 6.07) is 20.0. The van der Waals surface area contributed by atoms with E-state index in [1.807, 2.05) is 41.3 Å². The van der Waals surface area contributed by atoms with Crippen LogP contribution in [0.3, 0.4) is 0 Å². The van der Waals surface area contributed by atoms with Crippen LogP contribution in [0.2, 0.25) is 0 Å². The molecule has 0 aliphatic carbocycles. The lowest BCUT2D eigenvalue weighted by Crippen LogP contribution is -2.38.